The van der Waals surface area contributed by atoms with Crippen molar-refractivity contribution in [1.29, 1.82) is 0 Å². The Morgan fingerprint density at radius 3 is 1.89 bits per heavy atom. The molecule has 0 amide bonds. The molecule has 0 saturated heterocycles. The van der Waals surface area contributed by atoms with Gasteiger partial charge in [-0.1, -0.05) is 6.92 Å². The van der Waals surface area contributed by atoms with Crippen molar-refractivity contribution in [3.05, 3.63) is 12.3 Å². The first-order valence-electron chi connectivity index (χ1n) is 2.77. The molecule has 3 radical (unpaired) electrons. The molecule has 0 aliphatic rings. The Hall–Kier alpha value is 2.21. The van der Waals surface area contributed by atoms with E-state index in [1.54, 1.807) is 0 Å². The molecule has 0 fully saturated rings. The summed E-state index contributed by atoms with van der Waals surface area (Å²) >= 11 is 0. The van der Waals surface area contributed by atoms with Gasteiger partial charge >= 0.3 is 0 Å². The van der Waals surface area contributed by atoms with Crippen molar-refractivity contribution in [1.82, 2.24) is 0 Å². The van der Waals surface area contributed by atoms with E-state index in [-0.39, 0.29) is 65.4 Å². The molecule has 0 bridgehead atoms. The quantitative estimate of drug-likeness (QED) is 0.694. The summed E-state index contributed by atoms with van der Waals surface area (Å²) in [5.74, 6) is 1.52. The fraction of sp³-hybridized carbons (Fsp3) is 0.714. The van der Waals surface area contributed by atoms with Gasteiger partial charge in [-0.05, 0) is 0 Å². The van der Waals surface area contributed by atoms with E-state index in [1.807, 2.05) is 6.92 Å². The molecule has 0 aliphatic carbocycles. The first-order chi connectivity index (χ1) is 3.31. The molecule has 0 unspecified atom stereocenters. The summed E-state index contributed by atoms with van der Waals surface area (Å²) in [5.41, 5.74) is 0. The van der Waals surface area contributed by atoms with Crippen molar-refractivity contribution in [2.45, 2.75) is 33.6 Å². The Labute approximate surface area is 110 Å². The average molecular weight is 275 g/mol. The zero-order valence-electron chi connectivity index (χ0n) is 6.57. The smallest absolute Gasteiger partial charge is 0 e. The summed E-state index contributed by atoms with van der Waals surface area (Å²) in [6.07, 6.45) is 5.34. The molecule has 0 aliphatic heterocycles. The summed E-state index contributed by atoms with van der Waals surface area (Å²) < 4.78 is 0. The van der Waals surface area contributed by atoms with Crippen LogP contribution in [0, 0.1) is 12.3 Å². The molecule has 0 nitrogen and oxygen atoms in total. The molecule has 2 heteroatoms. The van der Waals surface area contributed by atoms with Crippen molar-refractivity contribution in [2.75, 3.05) is 0 Å². The maximum Gasteiger partial charge on any atom is 0 e. The minimum absolute atomic E-state index is 0. The maximum atomic E-state index is 3.08. The van der Waals surface area contributed by atoms with Crippen LogP contribution in [-0.4, -0.2) is 0 Å². The minimum atomic E-state index is 0. The molecule has 0 saturated carbocycles. The third-order valence-corrected chi connectivity index (χ3v) is 1.08. The number of rotatable bonds is 3. The molecular formula is C7H13Y2-2. The van der Waals surface area contributed by atoms with Crippen LogP contribution in [-0.2, 0) is 65.4 Å². The molecule has 0 aromatic carbocycles. The molecule has 0 spiro atoms. The molecule has 0 heterocycles. The third-order valence-electron chi connectivity index (χ3n) is 1.08. The van der Waals surface area contributed by atoms with E-state index in [4.69, 9.17) is 0 Å². The van der Waals surface area contributed by atoms with E-state index in [1.165, 1.54) is 12.3 Å². The van der Waals surface area contributed by atoms with Crippen molar-refractivity contribution in [2.24, 2.45) is 0 Å². The summed E-state index contributed by atoms with van der Waals surface area (Å²) in [6, 6.07) is 0. The Morgan fingerprint density at radius 2 is 1.78 bits per heavy atom. The Balaban J connectivity index is -0.000000180. The Bertz CT molecular complexity index is 37.9. The monoisotopic (exact) mass is 275 g/mol. The van der Waals surface area contributed by atoms with Crippen molar-refractivity contribution in [3.8, 4) is 0 Å². The van der Waals surface area contributed by atoms with Crippen LogP contribution in [0.25, 0.3) is 0 Å². The van der Waals surface area contributed by atoms with Crippen LogP contribution in [0.4, 0.5) is 0 Å². The van der Waals surface area contributed by atoms with Crippen LogP contribution in [0.1, 0.15) is 33.6 Å². The minimum Gasteiger partial charge on any atom is -0.511 e. The first-order valence-corrected chi connectivity index (χ1v) is 2.77. The van der Waals surface area contributed by atoms with Crippen molar-refractivity contribution < 1.29 is 65.4 Å². The predicted molar refractivity (Wildman–Crippen MR) is 32.7 cm³/mol. The van der Waals surface area contributed by atoms with Crippen LogP contribution in [0.3, 0.4) is 0 Å². The zero-order valence-corrected chi connectivity index (χ0v) is 12.2. The van der Waals surface area contributed by atoms with E-state index in [2.05, 4.69) is 20.3 Å². The SMILES string of the molecule is C[C-]C[C-](C)CC.[Y].[Y]. The van der Waals surface area contributed by atoms with Crippen LogP contribution in [0.15, 0.2) is 0 Å². The van der Waals surface area contributed by atoms with E-state index in [0.29, 0.717) is 0 Å². The second-order valence-electron chi connectivity index (χ2n) is 1.84. The molecule has 0 N–H and O–H groups in total. The fourth-order valence-electron chi connectivity index (χ4n) is 0.427. The number of hydrogen-bond acceptors (Lipinski definition) is 0. The van der Waals surface area contributed by atoms with Crippen LogP contribution in [0.5, 0.6) is 0 Å². The molecular weight excluding hydrogens is 262 g/mol. The van der Waals surface area contributed by atoms with Gasteiger partial charge in [0.25, 0.3) is 0 Å². The second kappa shape index (κ2) is 12.8. The molecule has 9 heavy (non-hydrogen) atoms. The molecule has 0 aromatic heterocycles. The third kappa shape index (κ3) is 13.2. The summed E-state index contributed by atoms with van der Waals surface area (Å²) in [6.45, 7) is 6.31. The van der Waals surface area contributed by atoms with Gasteiger partial charge < -0.3 is 18.8 Å². The first kappa shape index (κ1) is 17.3. The van der Waals surface area contributed by atoms with Gasteiger partial charge in [-0.15, -0.1) is 0 Å². The van der Waals surface area contributed by atoms with Gasteiger partial charge in [0.2, 0.25) is 0 Å². The van der Waals surface area contributed by atoms with Crippen molar-refractivity contribution >= 4 is 0 Å². The standard InChI is InChI=1S/C7H13.2Y/c1-4-6-7(3)5-2;;/h5-6H2,1-3H3;;/q-2;;. The predicted octanol–water partition coefficient (Wildman–Crippen LogP) is 2.48. The molecule has 0 atom stereocenters. The summed E-state index contributed by atoms with van der Waals surface area (Å²) in [4.78, 5) is 0. The van der Waals surface area contributed by atoms with Crippen LogP contribution >= 0.6 is 0 Å². The molecule has 49 valence electrons. The van der Waals surface area contributed by atoms with Gasteiger partial charge in [0.15, 0.2) is 0 Å². The average Bonchev–Trinajstić information content (AvgIpc) is 1.68. The Morgan fingerprint density at radius 1 is 1.33 bits per heavy atom. The topological polar surface area (TPSA) is 0 Å². The van der Waals surface area contributed by atoms with Crippen molar-refractivity contribution in [3.63, 3.8) is 0 Å². The summed E-state index contributed by atoms with van der Waals surface area (Å²) in [5, 5.41) is 0. The van der Waals surface area contributed by atoms with Gasteiger partial charge in [-0.2, -0.15) is 13.3 Å². The van der Waals surface area contributed by atoms with Gasteiger partial charge in [0, 0.05) is 65.4 Å². The number of hydrogen-bond donors (Lipinski definition) is 0. The van der Waals surface area contributed by atoms with Gasteiger partial charge in [-0.25, -0.2) is 6.92 Å². The molecule has 0 rings (SSSR count). The van der Waals surface area contributed by atoms with Crippen LogP contribution in [0.2, 0.25) is 0 Å². The fourth-order valence-corrected chi connectivity index (χ4v) is 0.427. The van der Waals surface area contributed by atoms with E-state index in [9.17, 15) is 0 Å². The second-order valence-corrected chi connectivity index (χ2v) is 1.84. The van der Waals surface area contributed by atoms with E-state index in [0.717, 1.165) is 6.42 Å². The normalized spacial score (nSPS) is 8.00. The van der Waals surface area contributed by atoms with E-state index < -0.39 is 0 Å². The maximum absolute atomic E-state index is 3.08. The Kier molecular flexibility index (Phi) is 24.7. The van der Waals surface area contributed by atoms with Gasteiger partial charge in [0.05, 0.1) is 0 Å². The van der Waals surface area contributed by atoms with Crippen LogP contribution < -0.4 is 0 Å². The van der Waals surface area contributed by atoms with Gasteiger partial charge in [0.1, 0.15) is 0 Å². The zero-order chi connectivity index (χ0) is 5.70. The van der Waals surface area contributed by atoms with E-state index >= 15 is 0 Å². The largest absolute Gasteiger partial charge is 0.511 e. The van der Waals surface area contributed by atoms with Gasteiger partial charge in [-0.3, -0.25) is 0 Å². The molecule has 0 aromatic rings. The summed E-state index contributed by atoms with van der Waals surface area (Å²) in [7, 11) is 0.